The highest BCUT2D eigenvalue weighted by Gasteiger charge is 2.43. The molecule has 1 aliphatic rings. The van der Waals surface area contributed by atoms with Crippen LogP contribution in [0.1, 0.15) is 30.4 Å². The van der Waals surface area contributed by atoms with Gasteiger partial charge in [0.1, 0.15) is 5.82 Å². The molecule has 2 heterocycles. The number of aliphatic hydroxyl groups excluding tert-OH is 1. The molecule has 4 aromatic rings. The third kappa shape index (κ3) is 5.28. The molecule has 8 heteroatoms. The standard InChI is InChI=1S/C28H24F2N2O4/c29-28(30)35-23-14-11-18(15-24(23)36-28)5-1-4-8-26(34)31-25-16-21-6-2-3-7-22(21)27(32-25)20-12-9-19(17-33)10-13-20/h2-3,6-7,9-16,33H,1,4-5,8,17H2,(H,31,32,34). The Labute approximate surface area is 206 Å². The topological polar surface area (TPSA) is 80.7 Å². The SMILES string of the molecule is O=C(CCCCc1ccc2c(c1)OC(F)(F)O2)Nc1cc2ccccc2c(-c2ccc(CO)cc2)n1. The number of hydrogen-bond acceptors (Lipinski definition) is 5. The summed E-state index contributed by atoms with van der Waals surface area (Å²) in [5, 5.41) is 14.1. The molecule has 0 aliphatic carbocycles. The molecule has 6 nitrogen and oxygen atoms in total. The predicted octanol–water partition coefficient (Wildman–Crippen LogP) is 6.07. The van der Waals surface area contributed by atoms with Crippen molar-refractivity contribution in [1.29, 1.82) is 0 Å². The Hall–Kier alpha value is -4.04. The zero-order chi connectivity index (χ0) is 25.1. The van der Waals surface area contributed by atoms with Crippen LogP contribution >= 0.6 is 0 Å². The number of nitrogens with one attached hydrogen (secondary N) is 1. The second kappa shape index (κ2) is 9.91. The number of rotatable bonds is 8. The predicted molar refractivity (Wildman–Crippen MR) is 132 cm³/mol. The lowest BCUT2D eigenvalue weighted by atomic mass is 10.0. The molecule has 0 unspecified atom stereocenters. The van der Waals surface area contributed by atoms with Crippen molar-refractivity contribution < 1.29 is 28.2 Å². The maximum Gasteiger partial charge on any atom is 0.586 e. The number of aryl methyl sites for hydroxylation is 1. The van der Waals surface area contributed by atoms with Crippen molar-refractivity contribution in [3.63, 3.8) is 0 Å². The first kappa shape index (κ1) is 23.7. The van der Waals surface area contributed by atoms with Gasteiger partial charge >= 0.3 is 6.29 Å². The molecule has 1 aromatic heterocycles. The largest absolute Gasteiger partial charge is 0.586 e. The maximum atomic E-state index is 13.2. The van der Waals surface area contributed by atoms with Gasteiger partial charge in [-0.2, -0.15) is 0 Å². The summed E-state index contributed by atoms with van der Waals surface area (Å²) in [4.78, 5) is 17.3. The minimum atomic E-state index is -3.63. The van der Waals surface area contributed by atoms with Gasteiger partial charge in [0, 0.05) is 17.4 Å². The number of unbranched alkanes of at least 4 members (excludes halogenated alkanes) is 1. The average Bonchev–Trinajstić information content (AvgIpc) is 3.19. The van der Waals surface area contributed by atoms with E-state index in [1.807, 2.05) is 54.6 Å². The molecule has 1 amide bonds. The van der Waals surface area contributed by atoms with Crippen LogP contribution in [0.25, 0.3) is 22.0 Å². The Bertz CT molecular complexity index is 1410. The molecule has 0 fully saturated rings. The summed E-state index contributed by atoms with van der Waals surface area (Å²) >= 11 is 0. The molecular weight excluding hydrogens is 466 g/mol. The van der Waals surface area contributed by atoms with Gasteiger partial charge < -0.3 is 19.9 Å². The minimum Gasteiger partial charge on any atom is -0.395 e. The van der Waals surface area contributed by atoms with E-state index in [0.29, 0.717) is 31.5 Å². The van der Waals surface area contributed by atoms with E-state index in [4.69, 9.17) is 4.98 Å². The fraction of sp³-hybridized carbons (Fsp3) is 0.214. The van der Waals surface area contributed by atoms with Crippen LogP contribution in [-0.4, -0.2) is 22.3 Å². The van der Waals surface area contributed by atoms with Gasteiger partial charge in [0.2, 0.25) is 5.91 Å². The van der Waals surface area contributed by atoms with Crippen LogP contribution in [0.3, 0.4) is 0 Å². The number of amides is 1. The summed E-state index contributed by atoms with van der Waals surface area (Å²) in [6.07, 6.45) is -1.37. The normalized spacial score (nSPS) is 13.6. The van der Waals surface area contributed by atoms with Gasteiger partial charge in [-0.3, -0.25) is 4.79 Å². The maximum absolute atomic E-state index is 13.2. The number of pyridine rings is 1. The number of fused-ring (bicyclic) bond motifs is 2. The summed E-state index contributed by atoms with van der Waals surface area (Å²) in [7, 11) is 0. The highest BCUT2D eigenvalue weighted by Crippen LogP contribution is 2.41. The number of alkyl halides is 2. The number of hydrogen-bond donors (Lipinski definition) is 2. The number of ether oxygens (including phenoxy) is 2. The van der Waals surface area contributed by atoms with Crippen LogP contribution in [0.5, 0.6) is 11.5 Å². The molecule has 0 bridgehead atoms. The number of carbonyl (C=O) groups is 1. The Morgan fingerprint density at radius 2 is 1.67 bits per heavy atom. The van der Waals surface area contributed by atoms with Crippen LogP contribution < -0.4 is 14.8 Å². The van der Waals surface area contributed by atoms with E-state index in [2.05, 4.69) is 14.8 Å². The second-order valence-corrected chi connectivity index (χ2v) is 8.64. The van der Waals surface area contributed by atoms with Crippen LogP contribution in [0.15, 0.2) is 72.8 Å². The Kier molecular flexibility index (Phi) is 6.52. The summed E-state index contributed by atoms with van der Waals surface area (Å²) in [6.45, 7) is -0.0326. The first-order chi connectivity index (χ1) is 17.4. The van der Waals surface area contributed by atoms with Gasteiger partial charge in [-0.05, 0) is 54.0 Å². The molecule has 0 saturated carbocycles. The van der Waals surface area contributed by atoms with Gasteiger partial charge in [-0.25, -0.2) is 4.98 Å². The zero-order valence-corrected chi connectivity index (χ0v) is 19.3. The molecule has 0 atom stereocenters. The van der Waals surface area contributed by atoms with Crippen molar-refractivity contribution in [2.45, 2.75) is 38.6 Å². The average molecular weight is 491 g/mol. The van der Waals surface area contributed by atoms with Gasteiger partial charge in [-0.1, -0.05) is 54.6 Å². The fourth-order valence-corrected chi connectivity index (χ4v) is 4.22. The number of carbonyl (C=O) groups excluding carboxylic acids is 1. The fourth-order valence-electron chi connectivity index (χ4n) is 4.22. The van der Waals surface area contributed by atoms with Crippen molar-refractivity contribution in [3.05, 3.63) is 83.9 Å². The lowest BCUT2D eigenvalue weighted by Gasteiger charge is -2.11. The lowest BCUT2D eigenvalue weighted by Crippen LogP contribution is -2.25. The quantitative estimate of drug-likeness (QED) is 0.293. The van der Waals surface area contributed by atoms with Gasteiger partial charge in [0.05, 0.1) is 12.3 Å². The molecule has 36 heavy (non-hydrogen) atoms. The highest BCUT2D eigenvalue weighted by atomic mass is 19.3. The molecule has 0 radical (unpaired) electrons. The van der Waals surface area contributed by atoms with E-state index in [0.717, 1.165) is 33.2 Å². The summed E-state index contributed by atoms with van der Waals surface area (Å²) in [5.74, 6) is 0.371. The Morgan fingerprint density at radius 1 is 0.917 bits per heavy atom. The first-order valence-corrected chi connectivity index (χ1v) is 11.7. The Balaban J connectivity index is 1.21. The molecule has 2 N–H and O–H groups in total. The molecule has 0 spiro atoms. The summed E-state index contributed by atoms with van der Waals surface area (Å²) in [6, 6.07) is 21.9. The van der Waals surface area contributed by atoms with Crippen molar-refractivity contribution in [3.8, 4) is 22.8 Å². The number of nitrogens with zero attached hydrogens (tertiary/aromatic N) is 1. The van der Waals surface area contributed by atoms with Crippen LogP contribution in [-0.2, 0) is 17.8 Å². The minimum absolute atomic E-state index is 0.0229. The Morgan fingerprint density at radius 3 is 2.47 bits per heavy atom. The number of benzene rings is 3. The van der Waals surface area contributed by atoms with E-state index in [1.165, 1.54) is 6.07 Å². The number of aliphatic hydroxyl groups is 1. The van der Waals surface area contributed by atoms with Gasteiger partial charge in [0.25, 0.3) is 0 Å². The van der Waals surface area contributed by atoms with Crippen molar-refractivity contribution in [2.24, 2.45) is 0 Å². The van der Waals surface area contributed by atoms with Gasteiger partial charge in [-0.15, -0.1) is 8.78 Å². The monoisotopic (exact) mass is 490 g/mol. The van der Waals surface area contributed by atoms with Crippen LogP contribution in [0.2, 0.25) is 0 Å². The second-order valence-electron chi connectivity index (χ2n) is 8.64. The molecule has 3 aromatic carbocycles. The number of anilines is 1. The molecule has 1 aliphatic heterocycles. The van der Waals surface area contributed by atoms with E-state index in [1.54, 1.807) is 12.1 Å². The highest BCUT2D eigenvalue weighted by molar-refractivity contribution is 5.99. The number of aromatic nitrogens is 1. The zero-order valence-electron chi connectivity index (χ0n) is 19.3. The molecular formula is C28H24F2N2O4. The number of halogens is 2. The lowest BCUT2D eigenvalue weighted by molar-refractivity contribution is -0.286. The van der Waals surface area contributed by atoms with E-state index in [9.17, 15) is 18.7 Å². The van der Waals surface area contributed by atoms with Crippen molar-refractivity contribution >= 4 is 22.5 Å². The van der Waals surface area contributed by atoms with E-state index < -0.39 is 6.29 Å². The van der Waals surface area contributed by atoms with Crippen LogP contribution in [0, 0.1) is 0 Å². The third-order valence-electron chi connectivity index (χ3n) is 6.00. The van der Waals surface area contributed by atoms with Crippen LogP contribution in [0.4, 0.5) is 14.6 Å². The molecule has 5 rings (SSSR count). The summed E-state index contributed by atoms with van der Waals surface area (Å²) in [5.41, 5.74) is 3.29. The first-order valence-electron chi connectivity index (χ1n) is 11.7. The van der Waals surface area contributed by atoms with E-state index in [-0.39, 0.29) is 24.0 Å². The smallest absolute Gasteiger partial charge is 0.395 e. The third-order valence-corrected chi connectivity index (χ3v) is 6.00. The molecule has 0 saturated heterocycles. The van der Waals surface area contributed by atoms with Crippen molar-refractivity contribution in [2.75, 3.05) is 5.32 Å². The van der Waals surface area contributed by atoms with E-state index >= 15 is 0 Å². The van der Waals surface area contributed by atoms with Crippen molar-refractivity contribution in [1.82, 2.24) is 4.98 Å². The van der Waals surface area contributed by atoms with Gasteiger partial charge in [0.15, 0.2) is 11.5 Å². The summed E-state index contributed by atoms with van der Waals surface area (Å²) < 4.78 is 35.3. The molecule has 184 valence electrons.